The normalized spacial score (nSPS) is 15.5. The number of nitrogens with zero attached hydrogens (tertiary/aromatic N) is 3. The lowest BCUT2D eigenvalue weighted by molar-refractivity contribution is -0.114. The number of aromatic nitrogens is 2. The molecule has 4 aromatic rings. The van der Waals surface area contributed by atoms with Gasteiger partial charge in [0.1, 0.15) is 11.6 Å². The van der Waals surface area contributed by atoms with Crippen LogP contribution in [0.5, 0.6) is 0 Å². The number of anilines is 1. The predicted molar refractivity (Wildman–Crippen MR) is 135 cm³/mol. The topological polar surface area (TPSA) is 68.5 Å². The number of aliphatic imine (C=N–C) groups is 1. The van der Waals surface area contributed by atoms with E-state index in [2.05, 4.69) is 32.0 Å². The fourth-order valence-electron chi connectivity index (χ4n) is 5.24. The monoisotopic (exact) mass is 468 g/mol. The fraction of sp³-hybridized carbons (Fsp3) is 0.250. The molecule has 7 heteroatoms. The molecule has 0 radical (unpaired) electrons. The van der Waals surface area contributed by atoms with E-state index in [1.54, 1.807) is 0 Å². The summed E-state index contributed by atoms with van der Waals surface area (Å²) in [7, 11) is 0. The lowest BCUT2D eigenvalue weighted by Gasteiger charge is -2.25. The maximum Gasteiger partial charge on any atom is 0.222 e. The van der Waals surface area contributed by atoms with Crippen molar-refractivity contribution in [2.24, 2.45) is 4.99 Å². The second kappa shape index (κ2) is 8.74. The van der Waals surface area contributed by atoms with Crippen LogP contribution in [-0.4, -0.2) is 34.9 Å². The number of hydrogen-bond acceptors (Lipinski definition) is 4. The fourth-order valence-corrected chi connectivity index (χ4v) is 5.24. The Bertz CT molecular complexity index is 1450. The van der Waals surface area contributed by atoms with Crippen LogP contribution in [-0.2, 0) is 16.1 Å². The molecule has 2 aliphatic rings. The van der Waals surface area contributed by atoms with Crippen LogP contribution in [0.3, 0.4) is 0 Å². The molecular weight excluding hydrogens is 443 g/mol. The lowest BCUT2D eigenvalue weighted by atomic mass is 9.90. The van der Waals surface area contributed by atoms with Gasteiger partial charge in [0.15, 0.2) is 0 Å². The molecule has 1 amide bonds. The van der Waals surface area contributed by atoms with Crippen LogP contribution in [0, 0.1) is 5.82 Å². The molecule has 4 heterocycles. The molecule has 1 N–H and O–H groups in total. The number of nitrogens with one attached hydrogen (secondary N) is 1. The van der Waals surface area contributed by atoms with Crippen LogP contribution in [0.2, 0.25) is 0 Å². The van der Waals surface area contributed by atoms with Gasteiger partial charge in [-0.05, 0) is 72.5 Å². The summed E-state index contributed by atoms with van der Waals surface area (Å²) in [6, 6.07) is 15.0. The van der Waals surface area contributed by atoms with Crippen LogP contribution < -0.4 is 5.32 Å². The number of fused-ring (bicyclic) bond motifs is 2. The zero-order chi connectivity index (χ0) is 23.9. The molecule has 0 aliphatic carbocycles. The number of amides is 1. The van der Waals surface area contributed by atoms with Crippen LogP contribution >= 0.6 is 0 Å². The van der Waals surface area contributed by atoms with Gasteiger partial charge in [-0.25, -0.2) is 9.37 Å². The van der Waals surface area contributed by atoms with Crippen molar-refractivity contribution in [2.45, 2.75) is 32.2 Å². The van der Waals surface area contributed by atoms with Crippen LogP contribution in [0.1, 0.15) is 42.5 Å². The molecule has 2 aliphatic heterocycles. The van der Waals surface area contributed by atoms with Crippen LogP contribution in [0.15, 0.2) is 59.7 Å². The van der Waals surface area contributed by atoms with Gasteiger partial charge in [0.05, 0.1) is 12.1 Å². The minimum Gasteiger partial charge on any atom is -0.381 e. The van der Waals surface area contributed by atoms with E-state index < -0.39 is 0 Å². The van der Waals surface area contributed by atoms with Crippen molar-refractivity contribution in [1.82, 2.24) is 9.55 Å². The van der Waals surface area contributed by atoms with Gasteiger partial charge in [0.25, 0.3) is 0 Å². The Labute approximate surface area is 202 Å². The quantitative estimate of drug-likeness (QED) is 0.423. The maximum absolute atomic E-state index is 13.9. The maximum atomic E-state index is 13.9. The van der Waals surface area contributed by atoms with Crippen molar-refractivity contribution in [2.75, 3.05) is 18.5 Å². The number of pyridine rings is 1. The van der Waals surface area contributed by atoms with Gasteiger partial charge < -0.3 is 14.6 Å². The Morgan fingerprint density at radius 3 is 2.63 bits per heavy atom. The number of rotatable bonds is 4. The van der Waals surface area contributed by atoms with Gasteiger partial charge in [-0.15, -0.1) is 0 Å². The molecule has 176 valence electrons. The molecule has 6 nitrogen and oxygen atoms in total. The van der Waals surface area contributed by atoms with Gasteiger partial charge in [-0.3, -0.25) is 9.79 Å². The zero-order valence-electron chi connectivity index (χ0n) is 19.4. The van der Waals surface area contributed by atoms with E-state index >= 15 is 0 Å². The van der Waals surface area contributed by atoms with Crippen molar-refractivity contribution in [3.05, 3.63) is 77.4 Å². The summed E-state index contributed by atoms with van der Waals surface area (Å²) in [5, 5.41) is 3.86. The molecule has 2 aromatic carbocycles. The third-order valence-corrected chi connectivity index (χ3v) is 6.81. The first-order valence-electron chi connectivity index (χ1n) is 11.9. The molecule has 0 atom stereocenters. The number of ether oxygens (including phenoxy) is 1. The van der Waals surface area contributed by atoms with E-state index in [-0.39, 0.29) is 17.6 Å². The molecule has 1 saturated heterocycles. The average molecular weight is 469 g/mol. The summed E-state index contributed by atoms with van der Waals surface area (Å²) >= 11 is 0. The van der Waals surface area contributed by atoms with Crippen LogP contribution in [0.4, 0.5) is 10.2 Å². The molecule has 0 bridgehead atoms. The Balaban J connectivity index is 1.65. The first-order chi connectivity index (χ1) is 17.1. The lowest BCUT2D eigenvalue weighted by Crippen LogP contribution is -2.17. The average Bonchev–Trinajstić information content (AvgIpc) is 3.46. The van der Waals surface area contributed by atoms with Gasteiger partial charge in [0, 0.05) is 66.4 Å². The number of carbonyl (C=O) groups is 1. The molecule has 0 saturated carbocycles. The molecule has 1 fully saturated rings. The minimum absolute atomic E-state index is 0.156. The summed E-state index contributed by atoms with van der Waals surface area (Å²) in [4.78, 5) is 20.5. The van der Waals surface area contributed by atoms with Crippen molar-refractivity contribution in [3.8, 4) is 16.8 Å². The standard InChI is InChI=1S/C28H25FN4O2/c1-17(34)32-26-7-2-19(16-31-26)27-24-12-20-14-30-15-21(20)13-25(24)33(23-5-3-22(29)4-6-23)28(27)18-8-10-35-11-9-18/h2-7,12-13,15-16,18H,8-11,14H2,1H3,(H,31,32,34). The van der Waals surface area contributed by atoms with Gasteiger partial charge >= 0.3 is 0 Å². The van der Waals surface area contributed by atoms with E-state index in [0.29, 0.717) is 25.6 Å². The van der Waals surface area contributed by atoms with Gasteiger partial charge in [-0.2, -0.15) is 0 Å². The highest BCUT2D eigenvalue weighted by atomic mass is 19.1. The van der Waals surface area contributed by atoms with E-state index in [1.807, 2.05) is 36.7 Å². The molecular formula is C28H25FN4O2. The Kier molecular flexibility index (Phi) is 5.41. The highest BCUT2D eigenvalue weighted by Crippen LogP contribution is 2.44. The summed E-state index contributed by atoms with van der Waals surface area (Å²) in [5.41, 5.74) is 7.56. The summed E-state index contributed by atoms with van der Waals surface area (Å²) in [6.07, 6.45) is 5.56. The largest absolute Gasteiger partial charge is 0.381 e. The number of carbonyl (C=O) groups excluding carboxylic acids is 1. The predicted octanol–water partition coefficient (Wildman–Crippen LogP) is 5.62. The summed E-state index contributed by atoms with van der Waals surface area (Å²) < 4.78 is 21.8. The minimum atomic E-state index is -0.260. The van der Waals surface area contributed by atoms with E-state index in [4.69, 9.17) is 4.74 Å². The highest BCUT2D eigenvalue weighted by Gasteiger charge is 2.29. The molecule has 35 heavy (non-hydrogen) atoms. The third-order valence-electron chi connectivity index (χ3n) is 6.81. The van der Waals surface area contributed by atoms with Crippen molar-refractivity contribution >= 4 is 28.8 Å². The third kappa shape index (κ3) is 3.91. The summed E-state index contributed by atoms with van der Waals surface area (Å²) in [5.74, 6) is 0.376. The Morgan fingerprint density at radius 2 is 1.91 bits per heavy atom. The zero-order valence-corrected chi connectivity index (χ0v) is 19.4. The summed E-state index contributed by atoms with van der Waals surface area (Å²) in [6.45, 7) is 3.55. The van der Waals surface area contributed by atoms with E-state index in [1.165, 1.54) is 30.3 Å². The number of benzene rings is 2. The van der Waals surface area contributed by atoms with E-state index in [0.717, 1.165) is 46.1 Å². The first-order valence-corrected chi connectivity index (χ1v) is 11.9. The Morgan fingerprint density at radius 1 is 1.11 bits per heavy atom. The molecule has 6 rings (SSSR count). The second-order valence-electron chi connectivity index (χ2n) is 9.11. The number of halogens is 1. The van der Waals surface area contributed by atoms with Crippen LogP contribution in [0.25, 0.3) is 27.7 Å². The SMILES string of the molecule is CC(=O)Nc1ccc(-c2c(C3CCOCC3)n(-c3ccc(F)cc3)c3cc4c(cc23)CN=C4)cn1. The van der Waals surface area contributed by atoms with E-state index in [9.17, 15) is 9.18 Å². The number of hydrogen-bond donors (Lipinski definition) is 1. The smallest absolute Gasteiger partial charge is 0.222 e. The van der Waals surface area contributed by atoms with Crippen molar-refractivity contribution < 1.29 is 13.9 Å². The first kappa shape index (κ1) is 21.7. The van der Waals surface area contributed by atoms with Gasteiger partial charge in [-0.1, -0.05) is 0 Å². The highest BCUT2D eigenvalue weighted by molar-refractivity contribution is 6.03. The Hall–Kier alpha value is -3.84. The van der Waals surface area contributed by atoms with Gasteiger partial charge in [0.2, 0.25) is 5.91 Å². The van der Waals surface area contributed by atoms with Crippen molar-refractivity contribution in [3.63, 3.8) is 0 Å². The molecule has 2 aromatic heterocycles. The van der Waals surface area contributed by atoms with Crippen molar-refractivity contribution in [1.29, 1.82) is 0 Å². The molecule has 0 unspecified atom stereocenters. The second-order valence-corrected chi connectivity index (χ2v) is 9.11. The molecule has 0 spiro atoms.